The molecule has 0 heterocycles. The molecule has 0 aliphatic heterocycles. The van der Waals surface area contributed by atoms with Crippen LogP contribution >= 0.6 is 15.9 Å². The van der Waals surface area contributed by atoms with Gasteiger partial charge in [0.2, 0.25) is 5.91 Å². The van der Waals surface area contributed by atoms with Gasteiger partial charge in [0.15, 0.2) is 0 Å². The molecule has 2 aromatic rings. The molecule has 0 aliphatic carbocycles. The lowest BCUT2D eigenvalue weighted by Crippen LogP contribution is -2.31. The maximum absolute atomic E-state index is 12.3. The third kappa shape index (κ3) is 2.79. The van der Waals surface area contributed by atoms with Crippen molar-refractivity contribution in [3.8, 4) is 0 Å². The van der Waals surface area contributed by atoms with Gasteiger partial charge in [-0.3, -0.25) is 9.69 Å². The summed E-state index contributed by atoms with van der Waals surface area (Å²) in [6.07, 6.45) is 0. The van der Waals surface area contributed by atoms with Gasteiger partial charge in [-0.15, -0.1) is 0 Å². The first-order chi connectivity index (χ1) is 8.70. The van der Waals surface area contributed by atoms with Crippen molar-refractivity contribution in [2.45, 2.75) is 11.8 Å². The van der Waals surface area contributed by atoms with Crippen molar-refractivity contribution in [1.29, 1.82) is 0 Å². The van der Waals surface area contributed by atoms with Crippen molar-refractivity contribution < 1.29 is 4.79 Å². The number of nitrogens with zero attached hydrogens (tertiary/aromatic N) is 1. The maximum Gasteiger partial charge on any atom is 0.245 e. The van der Waals surface area contributed by atoms with E-state index in [1.807, 2.05) is 67.6 Å². The molecule has 0 radical (unpaired) electrons. The topological polar surface area (TPSA) is 20.3 Å². The number of para-hydroxylation sites is 2. The van der Waals surface area contributed by atoms with E-state index in [1.165, 1.54) is 0 Å². The van der Waals surface area contributed by atoms with Gasteiger partial charge in [-0.25, -0.2) is 0 Å². The molecule has 0 aromatic heterocycles. The van der Waals surface area contributed by atoms with Crippen molar-refractivity contribution in [2.24, 2.45) is 0 Å². The number of alkyl halides is 1. The predicted octanol–water partition coefficient (Wildman–Crippen LogP) is 4.13. The lowest BCUT2D eigenvalue weighted by Gasteiger charge is -2.24. The average molecular weight is 304 g/mol. The van der Waals surface area contributed by atoms with Gasteiger partial charge < -0.3 is 0 Å². The first-order valence-electron chi connectivity index (χ1n) is 5.78. The van der Waals surface area contributed by atoms with Gasteiger partial charge in [-0.05, 0) is 31.2 Å². The highest BCUT2D eigenvalue weighted by molar-refractivity contribution is 9.10. The molecule has 0 saturated carbocycles. The molecule has 2 nitrogen and oxygen atoms in total. The van der Waals surface area contributed by atoms with Gasteiger partial charge >= 0.3 is 0 Å². The molecule has 1 atom stereocenters. The summed E-state index contributed by atoms with van der Waals surface area (Å²) < 4.78 is 0. The second kappa shape index (κ2) is 5.83. The van der Waals surface area contributed by atoms with Gasteiger partial charge in [0, 0.05) is 11.4 Å². The largest absolute Gasteiger partial charge is 0.280 e. The lowest BCUT2D eigenvalue weighted by molar-refractivity contribution is -0.117. The highest BCUT2D eigenvalue weighted by Crippen LogP contribution is 2.26. The number of carbonyl (C=O) groups excluding carboxylic acids is 1. The van der Waals surface area contributed by atoms with E-state index in [0.29, 0.717) is 0 Å². The fraction of sp³-hybridized carbons (Fsp3) is 0.133. The van der Waals surface area contributed by atoms with E-state index in [4.69, 9.17) is 0 Å². The van der Waals surface area contributed by atoms with Crippen LogP contribution < -0.4 is 4.90 Å². The Morgan fingerprint density at radius 3 is 1.67 bits per heavy atom. The van der Waals surface area contributed by atoms with Crippen LogP contribution in [-0.2, 0) is 4.79 Å². The fourth-order valence-electron chi connectivity index (χ4n) is 1.74. The van der Waals surface area contributed by atoms with Crippen LogP contribution in [0.25, 0.3) is 0 Å². The van der Waals surface area contributed by atoms with Crippen molar-refractivity contribution in [3.05, 3.63) is 60.7 Å². The van der Waals surface area contributed by atoms with E-state index in [9.17, 15) is 4.79 Å². The standard InChI is InChI=1S/C15H14BrNO/c1-12(16)15(18)17(13-8-4-2-5-9-13)14-10-6-3-7-11-14/h2-12H,1H3. The Morgan fingerprint density at radius 2 is 1.33 bits per heavy atom. The molecule has 2 aromatic carbocycles. The second-order valence-corrected chi connectivity index (χ2v) is 5.33. The normalized spacial score (nSPS) is 11.9. The molecular weight excluding hydrogens is 290 g/mol. The molecule has 2 rings (SSSR count). The number of carbonyl (C=O) groups is 1. The Bertz CT molecular complexity index is 471. The van der Waals surface area contributed by atoms with Crippen LogP contribution in [-0.4, -0.2) is 10.7 Å². The van der Waals surface area contributed by atoms with Gasteiger partial charge in [-0.2, -0.15) is 0 Å². The van der Waals surface area contributed by atoms with Crippen LogP contribution in [0.3, 0.4) is 0 Å². The molecule has 0 spiro atoms. The number of halogens is 1. The summed E-state index contributed by atoms with van der Waals surface area (Å²) >= 11 is 3.34. The summed E-state index contributed by atoms with van der Waals surface area (Å²) in [7, 11) is 0. The number of hydrogen-bond donors (Lipinski definition) is 0. The third-order valence-electron chi connectivity index (χ3n) is 2.59. The van der Waals surface area contributed by atoms with Crippen LogP contribution in [0.15, 0.2) is 60.7 Å². The minimum atomic E-state index is -0.224. The van der Waals surface area contributed by atoms with Crippen LogP contribution in [0.2, 0.25) is 0 Å². The van der Waals surface area contributed by atoms with E-state index in [2.05, 4.69) is 15.9 Å². The maximum atomic E-state index is 12.3. The second-order valence-electron chi connectivity index (χ2n) is 3.96. The van der Waals surface area contributed by atoms with Crippen LogP contribution in [0.4, 0.5) is 11.4 Å². The molecule has 1 amide bonds. The zero-order chi connectivity index (χ0) is 13.0. The minimum Gasteiger partial charge on any atom is -0.280 e. The Hall–Kier alpha value is -1.61. The molecule has 92 valence electrons. The molecule has 18 heavy (non-hydrogen) atoms. The molecule has 1 unspecified atom stereocenters. The summed E-state index contributed by atoms with van der Waals surface area (Å²) in [6, 6.07) is 19.3. The lowest BCUT2D eigenvalue weighted by atomic mass is 10.2. The van der Waals surface area contributed by atoms with E-state index in [0.717, 1.165) is 11.4 Å². The smallest absolute Gasteiger partial charge is 0.245 e. The first-order valence-corrected chi connectivity index (χ1v) is 6.70. The average Bonchev–Trinajstić information content (AvgIpc) is 2.41. The van der Waals surface area contributed by atoms with Crippen molar-refractivity contribution in [3.63, 3.8) is 0 Å². The van der Waals surface area contributed by atoms with Crippen LogP contribution in [0.5, 0.6) is 0 Å². The number of hydrogen-bond acceptors (Lipinski definition) is 1. The summed E-state index contributed by atoms with van der Waals surface area (Å²) in [5, 5.41) is 0. The number of anilines is 2. The Balaban J connectivity index is 2.45. The highest BCUT2D eigenvalue weighted by Gasteiger charge is 2.21. The van der Waals surface area contributed by atoms with E-state index >= 15 is 0 Å². The Labute approximate surface area is 115 Å². The van der Waals surface area contributed by atoms with E-state index in [1.54, 1.807) is 4.90 Å². The monoisotopic (exact) mass is 303 g/mol. The van der Waals surface area contributed by atoms with Crippen LogP contribution in [0, 0.1) is 0 Å². The van der Waals surface area contributed by atoms with E-state index < -0.39 is 0 Å². The molecule has 0 bridgehead atoms. The Kier molecular flexibility index (Phi) is 4.15. The SMILES string of the molecule is CC(Br)C(=O)N(c1ccccc1)c1ccccc1. The number of benzene rings is 2. The van der Waals surface area contributed by atoms with E-state index in [-0.39, 0.29) is 10.7 Å². The molecular formula is C15H14BrNO. The van der Waals surface area contributed by atoms with Crippen molar-refractivity contribution in [2.75, 3.05) is 4.90 Å². The summed E-state index contributed by atoms with van der Waals surface area (Å²) in [5.41, 5.74) is 1.75. The molecule has 3 heteroatoms. The molecule has 0 aliphatic rings. The number of rotatable bonds is 3. The molecule has 0 fully saturated rings. The zero-order valence-corrected chi connectivity index (χ0v) is 11.7. The number of amides is 1. The van der Waals surface area contributed by atoms with Gasteiger partial charge in [0.05, 0.1) is 4.83 Å². The fourth-order valence-corrected chi connectivity index (χ4v) is 1.94. The Morgan fingerprint density at radius 1 is 0.944 bits per heavy atom. The predicted molar refractivity (Wildman–Crippen MR) is 78.4 cm³/mol. The van der Waals surface area contributed by atoms with Gasteiger partial charge in [0.1, 0.15) is 0 Å². The summed E-state index contributed by atoms with van der Waals surface area (Å²) in [6.45, 7) is 1.83. The van der Waals surface area contributed by atoms with Gasteiger partial charge in [0.25, 0.3) is 0 Å². The van der Waals surface area contributed by atoms with Gasteiger partial charge in [-0.1, -0.05) is 52.3 Å². The summed E-state index contributed by atoms with van der Waals surface area (Å²) in [5.74, 6) is 0.0207. The van der Waals surface area contributed by atoms with Crippen LogP contribution in [0.1, 0.15) is 6.92 Å². The molecule has 0 N–H and O–H groups in total. The first kappa shape index (κ1) is 12.8. The minimum absolute atomic E-state index is 0.0207. The molecule has 0 saturated heterocycles. The third-order valence-corrected chi connectivity index (χ3v) is 2.98. The zero-order valence-electron chi connectivity index (χ0n) is 10.1. The summed E-state index contributed by atoms with van der Waals surface area (Å²) in [4.78, 5) is 13.8. The highest BCUT2D eigenvalue weighted by atomic mass is 79.9. The van der Waals surface area contributed by atoms with Crippen molar-refractivity contribution >= 4 is 33.2 Å². The quantitative estimate of drug-likeness (QED) is 0.781. The van der Waals surface area contributed by atoms with Crippen molar-refractivity contribution in [1.82, 2.24) is 0 Å².